The second-order valence-corrected chi connectivity index (χ2v) is 14.2. The fourth-order valence-electron chi connectivity index (χ4n) is 0.231. The van der Waals surface area contributed by atoms with Gasteiger partial charge in [-0.2, -0.15) is 0 Å². The van der Waals surface area contributed by atoms with Gasteiger partial charge in [-0.1, -0.05) is 97.3 Å². The standard InChI is InChI=1S/C4H6I4/c1-2-3(5)4(6,7)8/h3H,2H2,1H3. The molecule has 0 radical (unpaired) electrons. The molecule has 1 atom stereocenters. The second-order valence-electron chi connectivity index (χ2n) is 1.42. The van der Waals surface area contributed by atoms with Crippen molar-refractivity contribution >= 4 is 90.4 Å². The topological polar surface area (TPSA) is 0 Å². The maximum Gasteiger partial charge on any atom is 0.136 e. The Kier molecular flexibility index (Phi) is 6.45. The molecule has 0 amide bonds. The minimum atomic E-state index is 0.405. The van der Waals surface area contributed by atoms with E-state index in [9.17, 15) is 0 Å². The average molecular weight is 562 g/mol. The molecule has 4 heteroatoms. The molecule has 8 heavy (non-hydrogen) atoms. The zero-order valence-corrected chi connectivity index (χ0v) is 12.9. The number of hydrogen-bond donors (Lipinski definition) is 0. The molecule has 50 valence electrons. The van der Waals surface area contributed by atoms with Crippen LogP contribution < -0.4 is 0 Å². The lowest BCUT2D eigenvalue weighted by molar-refractivity contribution is 0.938. The van der Waals surface area contributed by atoms with E-state index < -0.39 is 0 Å². The molecular formula is C4H6I4. The minimum Gasteiger partial charge on any atom is -0.0794 e. The third-order valence-electron chi connectivity index (χ3n) is 0.714. The van der Waals surface area contributed by atoms with Gasteiger partial charge in [0.25, 0.3) is 0 Å². The molecule has 0 nitrogen and oxygen atoms in total. The van der Waals surface area contributed by atoms with Gasteiger partial charge in [-0.15, -0.1) is 0 Å². The van der Waals surface area contributed by atoms with E-state index >= 15 is 0 Å². The van der Waals surface area contributed by atoms with Crippen LogP contribution in [0.2, 0.25) is 0 Å². The van der Waals surface area contributed by atoms with E-state index in [0.29, 0.717) is -0.565 Å². The Bertz CT molecular complexity index is 64.9. The van der Waals surface area contributed by atoms with Gasteiger partial charge in [0.05, 0.1) is 0 Å². The lowest BCUT2D eigenvalue weighted by Crippen LogP contribution is -2.14. The Balaban J connectivity index is 3.62. The zero-order chi connectivity index (χ0) is 6.78. The van der Waals surface area contributed by atoms with E-state index in [0.717, 1.165) is 3.92 Å². The number of alkyl halides is 4. The Labute approximate surface area is 105 Å². The molecule has 0 bridgehead atoms. The van der Waals surface area contributed by atoms with Crippen molar-refractivity contribution in [2.75, 3.05) is 0 Å². The second kappa shape index (κ2) is 4.73. The van der Waals surface area contributed by atoms with Gasteiger partial charge < -0.3 is 0 Å². The Morgan fingerprint density at radius 3 is 1.75 bits per heavy atom. The molecule has 0 aromatic heterocycles. The molecule has 0 saturated carbocycles. The van der Waals surface area contributed by atoms with E-state index in [1.165, 1.54) is 6.42 Å². The highest BCUT2D eigenvalue weighted by atomic mass is 127. The number of rotatable bonds is 2. The average Bonchev–Trinajstić information content (AvgIpc) is 1.62. The molecule has 1 unspecified atom stereocenters. The van der Waals surface area contributed by atoms with Crippen molar-refractivity contribution in [3.63, 3.8) is 0 Å². The Morgan fingerprint density at radius 2 is 1.75 bits per heavy atom. The molecule has 0 N–H and O–H groups in total. The molecule has 0 aliphatic heterocycles. The first kappa shape index (κ1) is 10.9. The molecule has 0 fully saturated rings. The fraction of sp³-hybridized carbons (Fsp3) is 1.00. The quantitative estimate of drug-likeness (QED) is 0.351. The van der Waals surface area contributed by atoms with Crippen molar-refractivity contribution in [1.29, 1.82) is 0 Å². The van der Waals surface area contributed by atoms with Crippen LogP contribution in [0.4, 0.5) is 0 Å². The van der Waals surface area contributed by atoms with Gasteiger partial charge in [-0.3, -0.25) is 0 Å². The van der Waals surface area contributed by atoms with Gasteiger partial charge in [-0.25, -0.2) is 0 Å². The van der Waals surface area contributed by atoms with Gasteiger partial charge >= 0.3 is 0 Å². The molecule has 0 aliphatic rings. The summed E-state index contributed by atoms with van der Waals surface area (Å²) in [6, 6.07) is 0. The van der Waals surface area contributed by atoms with Gasteiger partial charge in [0.15, 0.2) is 0 Å². The Morgan fingerprint density at radius 1 is 1.38 bits per heavy atom. The molecule has 0 heterocycles. The van der Waals surface area contributed by atoms with E-state index in [4.69, 9.17) is 0 Å². The van der Waals surface area contributed by atoms with Gasteiger partial charge in [0.1, 0.15) is -0.565 Å². The summed E-state index contributed by atoms with van der Waals surface area (Å²) in [6.45, 7) is 2.22. The summed E-state index contributed by atoms with van der Waals surface area (Å²) in [4.78, 5) is 0. The molecule has 0 saturated heterocycles. The summed E-state index contributed by atoms with van der Waals surface area (Å²) in [7, 11) is 0. The Hall–Kier alpha value is 2.92. The summed E-state index contributed by atoms with van der Waals surface area (Å²) in [5.41, 5.74) is 0. The summed E-state index contributed by atoms with van der Waals surface area (Å²) >= 11 is 9.90. The van der Waals surface area contributed by atoms with Crippen molar-refractivity contribution in [3.8, 4) is 0 Å². The van der Waals surface area contributed by atoms with E-state index in [-0.39, 0.29) is 0 Å². The SMILES string of the molecule is CCC(I)C(I)(I)I. The van der Waals surface area contributed by atoms with Crippen molar-refractivity contribution in [1.82, 2.24) is 0 Å². The molecule has 0 aromatic rings. The van der Waals surface area contributed by atoms with Crippen LogP contribution in [-0.4, -0.2) is 3.36 Å². The largest absolute Gasteiger partial charge is 0.136 e. The minimum absolute atomic E-state index is 0.405. The van der Waals surface area contributed by atoms with Crippen molar-refractivity contribution in [3.05, 3.63) is 0 Å². The van der Waals surface area contributed by atoms with E-state index in [1.54, 1.807) is 0 Å². The fourth-order valence-corrected chi connectivity index (χ4v) is 1.55. The van der Waals surface area contributed by atoms with Gasteiger partial charge in [0.2, 0.25) is 0 Å². The maximum atomic E-state index is 2.49. The maximum absolute atomic E-state index is 2.49. The van der Waals surface area contributed by atoms with Crippen LogP contribution in [0.1, 0.15) is 13.3 Å². The van der Waals surface area contributed by atoms with E-state index in [2.05, 4.69) is 97.3 Å². The third-order valence-corrected chi connectivity index (χ3v) is 8.36. The van der Waals surface area contributed by atoms with Crippen LogP contribution in [0.25, 0.3) is 0 Å². The predicted molar refractivity (Wildman–Crippen MR) is 72.9 cm³/mol. The molecule has 0 aliphatic carbocycles. The van der Waals surface area contributed by atoms with Crippen LogP contribution in [0.3, 0.4) is 0 Å². The monoisotopic (exact) mass is 562 g/mol. The van der Waals surface area contributed by atoms with Crippen molar-refractivity contribution in [2.24, 2.45) is 0 Å². The molecular weight excluding hydrogens is 556 g/mol. The highest BCUT2D eigenvalue weighted by Gasteiger charge is 2.25. The molecule has 0 rings (SSSR count). The normalized spacial score (nSPS) is 16.1. The van der Waals surface area contributed by atoms with Crippen LogP contribution in [-0.2, 0) is 0 Å². The highest BCUT2D eigenvalue weighted by Crippen LogP contribution is 2.43. The van der Waals surface area contributed by atoms with Crippen molar-refractivity contribution < 1.29 is 0 Å². The predicted octanol–water partition coefficient (Wildman–Crippen LogP) is 4.16. The lowest BCUT2D eigenvalue weighted by atomic mass is 10.4. The molecule has 0 aromatic carbocycles. The third kappa shape index (κ3) is 4.69. The summed E-state index contributed by atoms with van der Waals surface area (Å²) in [6.07, 6.45) is 1.26. The van der Waals surface area contributed by atoms with Gasteiger partial charge in [0, 0.05) is 3.92 Å². The van der Waals surface area contributed by atoms with E-state index in [1.807, 2.05) is 0 Å². The first-order valence-corrected chi connectivity index (χ1v) is 6.67. The van der Waals surface area contributed by atoms with Crippen LogP contribution >= 0.6 is 90.4 Å². The highest BCUT2D eigenvalue weighted by molar-refractivity contribution is 14.3. The molecule has 0 spiro atoms. The van der Waals surface area contributed by atoms with Crippen LogP contribution in [0, 0.1) is 0 Å². The number of hydrogen-bond acceptors (Lipinski definition) is 0. The lowest BCUT2D eigenvalue weighted by Gasteiger charge is -2.17. The first-order valence-electron chi connectivity index (χ1n) is 2.19. The summed E-state index contributed by atoms with van der Waals surface area (Å²) < 4.78 is 1.18. The number of halogens is 4. The van der Waals surface area contributed by atoms with Gasteiger partial charge in [-0.05, 0) is 6.42 Å². The first-order chi connectivity index (χ1) is 3.48. The zero-order valence-electron chi connectivity index (χ0n) is 4.30. The van der Waals surface area contributed by atoms with Crippen LogP contribution in [0.5, 0.6) is 0 Å². The van der Waals surface area contributed by atoms with Crippen molar-refractivity contribution in [2.45, 2.75) is 16.7 Å². The summed E-state index contributed by atoms with van der Waals surface area (Å²) in [5.74, 6) is 0. The smallest absolute Gasteiger partial charge is 0.0794 e. The van der Waals surface area contributed by atoms with Crippen LogP contribution in [0.15, 0.2) is 0 Å². The summed E-state index contributed by atoms with van der Waals surface area (Å²) in [5, 5.41) is 0.